The second kappa shape index (κ2) is 3.70. The SMILES string of the molecule is CC(C)N1CCC(O)(C(F)(F)F)CC1. The summed E-state index contributed by atoms with van der Waals surface area (Å²) in [4.78, 5) is 1.94. The van der Waals surface area contributed by atoms with Gasteiger partial charge < -0.3 is 10.0 Å². The van der Waals surface area contributed by atoms with Gasteiger partial charge in [0.25, 0.3) is 0 Å². The van der Waals surface area contributed by atoms with Crippen LogP contribution in [0.3, 0.4) is 0 Å². The lowest BCUT2D eigenvalue weighted by molar-refractivity contribution is -0.273. The molecule has 1 N–H and O–H groups in total. The number of hydrogen-bond donors (Lipinski definition) is 1. The molecular formula is C9H16F3NO. The lowest BCUT2D eigenvalue weighted by atomic mass is 9.90. The van der Waals surface area contributed by atoms with Gasteiger partial charge in [-0.15, -0.1) is 0 Å². The van der Waals surface area contributed by atoms with Gasteiger partial charge in [-0.25, -0.2) is 0 Å². The smallest absolute Gasteiger partial charge is 0.380 e. The third-order valence-electron chi connectivity index (χ3n) is 2.88. The maximum Gasteiger partial charge on any atom is 0.417 e. The molecule has 1 aliphatic heterocycles. The van der Waals surface area contributed by atoms with Crippen molar-refractivity contribution in [3.63, 3.8) is 0 Å². The number of piperidine rings is 1. The van der Waals surface area contributed by atoms with Crippen molar-refractivity contribution in [3.05, 3.63) is 0 Å². The molecule has 0 unspecified atom stereocenters. The summed E-state index contributed by atoms with van der Waals surface area (Å²) in [6.07, 6.45) is -4.92. The summed E-state index contributed by atoms with van der Waals surface area (Å²) in [5, 5.41) is 9.36. The fraction of sp³-hybridized carbons (Fsp3) is 1.00. The van der Waals surface area contributed by atoms with Crippen LogP contribution in [-0.4, -0.2) is 40.9 Å². The Hall–Kier alpha value is -0.290. The Morgan fingerprint density at radius 1 is 1.21 bits per heavy atom. The van der Waals surface area contributed by atoms with E-state index in [0.717, 1.165) is 0 Å². The van der Waals surface area contributed by atoms with Crippen molar-refractivity contribution in [3.8, 4) is 0 Å². The molecule has 14 heavy (non-hydrogen) atoms. The van der Waals surface area contributed by atoms with Crippen LogP contribution in [0.4, 0.5) is 13.2 Å². The quantitative estimate of drug-likeness (QED) is 0.714. The number of nitrogens with zero attached hydrogens (tertiary/aromatic N) is 1. The Kier molecular flexibility index (Phi) is 3.11. The minimum absolute atomic E-state index is 0.214. The predicted octanol–water partition coefficient (Wildman–Crippen LogP) is 1.78. The molecule has 0 aliphatic carbocycles. The standard InChI is InChI=1S/C9H16F3NO/c1-7(2)13-5-3-8(14,4-6-13)9(10,11)12/h7,14H,3-6H2,1-2H3. The van der Waals surface area contributed by atoms with E-state index in [-0.39, 0.29) is 18.9 Å². The summed E-state index contributed by atoms with van der Waals surface area (Å²) in [6, 6.07) is 0.243. The second-order valence-electron chi connectivity index (χ2n) is 4.16. The molecule has 1 fully saturated rings. The molecule has 0 amide bonds. The van der Waals surface area contributed by atoms with E-state index < -0.39 is 11.8 Å². The molecule has 1 aliphatic rings. The highest BCUT2D eigenvalue weighted by atomic mass is 19.4. The maximum absolute atomic E-state index is 12.4. The minimum Gasteiger partial charge on any atom is -0.380 e. The third kappa shape index (κ3) is 2.20. The first kappa shape index (κ1) is 11.8. The monoisotopic (exact) mass is 211 g/mol. The molecule has 0 spiro atoms. The zero-order chi connectivity index (χ0) is 11.0. The predicted molar refractivity (Wildman–Crippen MR) is 46.9 cm³/mol. The van der Waals surface area contributed by atoms with Gasteiger partial charge in [-0.1, -0.05) is 0 Å². The van der Waals surface area contributed by atoms with Crippen LogP contribution in [0.15, 0.2) is 0 Å². The Labute approximate surface area is 81.7 Å². The molecule has 5 heteroatoms. The van der Waals surface area contributed by atoms with E-state index in [1.165, 1.54) is 0 Å². The molecule has 1 saturated heterocycles. The Balaban J connectivity index is 2.58. The van der Waals surface area contributed by atoms with Gasteiger partial charge in [0.1, 0.15) is 0 Å². The summed E-state index contributed by atoms with van der Waals surface area (Å²) in [6.45, 7) is 4.51. The molecule has 1 heterocycles. The van der Waals surface area contributed by atoms with Crippen molar-refractivity contribution in [2.45, 2.75) is 44.5 Å². The van der Waals surface area contributed by atoms with Gasteiger partial charge in [0.15, 0.2) is 5.60 Å². The van der Waals surface area contributed by atoms with Crippen molar-refractivity contribution in [1.82, 2.24) is 4.90 Å². The van der Waals surface area contributed by atoms with Crippen molar-refractivity contribution >= 4 is 0 Å². The number of aliphatic hydroxyl groups is 1. The number of halogens is 3. The van der Waals surface area contributed by atoms with Gasteiger partial charge in [0, 0.05) is 19.1 Å². The number of likely N-dealkylation sites (tertiary alicyclic amines) is 1. The first-order valence-electron chi connectivity index (χ1n) is 4.79. The number of alkyl halides is 3. The van der Waals surface area contributed by atoms with Crippen molar-refractivity contribution in [1.29, 1.82) is 0 Å². The summed E-state index contributed by atoms with van der Waals surface area (Å²) in [7, 11) is 0. The van der Waals surface area contributed by atoms with E-state index in [9.17, 15) is 18.3 Å². The highest BCUT2D eigenvalue weighted by Gasteiger charge is 2.54. The molecule has 0 radical (unpaired) electrons. The normalized spacial score (nSPS) is 24.2. The molecule has 1 rings (SSSR count). The van der Waals surface area contributed by atoms with Gasteiger partial charge in [-0.05, 0) is 26.7 Å². The van der Waals surface area contributed by atoms with E-state index in [4.69, 9.17) is 0 Å². The second-order valence-corrected chi connectivity index (χ2v) is 4.16. The zero-order valence-electron chi connectivity index (χ0n) is 8.43. The van der Waals surface area contributed by atoms with E-state index in [0.29, 0.717) is 13.1 Å². The van der Waals surface area contributed by atoms with Crippen LogP contribution in [0.2, 0.25) is 0 Å². The fourth-order valence-corrected chi connectivity index (χ4v) is 1.69. The lowest BCUT2D eigenvalue weighted by Crippen LogP contribution is -2.54. The minimum atomic E-state index is -4.49. The molecule has 0 aromatic rings. The van der Waals surface area contributed by atoms with Gasteiger partial charge in [-0.2, -0.15) is 13.2 Å². The van der Waals surface area contributed by atoms with Crippen LogP contribution < -0.4 is 0 Å². The van der Waals surface area contributed by atoms with Crippen LogP contribution >= 0.6 is 0 Å². The molecule has 0 aromatic carbocycles. The zero-order valence-corrected chi connectivity index (χ0v) is 8.43. The fourth-order valence-electron chi connectivity index (χ4n) is 1.69. The Bertz CT molecular complexity index is 195. The van der Waals surface area contributed by atoms with Crippen LogP contribution in [0.1, 0.15) is 26.7 Å². The van der Waals surface area contributed by atoms with Gasteiger partial charge in [-0.3, -0.25) is 0 Å². The van der Waals surface area contributed by atoms with Gasteiger partial charge >= 0.3 is 6.18 Å². The summed E-state index contributed by atoms with van der Waals surface area (Å²) in [5.41, 5.74) is -2.46. The number of rotatable bonds is 1. The van der Waals surface area contributed by atoms with E-state index in [1.54, 1.807) is 0 Å². The van der Waals surface area contributed by atoms with Gasteiger partial charge in [0.2, 0.25) is 0 Å². The largest absolute Gasteiger partial charge is 0.417 e. The highest BCUT2D eigenvalue weighted by Crippen LogP contribution is 2.38. The molecule has 0 bridgehead atoms. The molecule has 0 aromatic heterocycles. The van der Waals surface area contributed by atoms with Crippen molar-refractivity contribution in [2.75, 3.05) is 13.1 Å². The Morgan fingerprint density at radius 2 is 1.64 bits per heavy atom. The van der Waals surface area contributed by atoms with Crippen LogP contribution in [-0.2, 0) is 0 Å². The lowest BCUT2D eigenvalue weighted by Gasteiger charge is -2.40. The average molecular weight is 211 g/mol. The Morgan fingerprint density at radius 3 is 1.93 bits per heavy atom. The molecular weight excluding hydrogens is 195 g/mol. The van der Waals surface area contributed by atoms with Crippen LogP contribution in [0.25, 0.3) is 0 Å². The van der Waals surface area contributed by atoms with Crippen LogP contribution in [0, 0.1) is 0 Å². The van der Waals surface area contributed by atoms with Crippen molar-refractivity contribution < 1.29 is 18.3 Å². The van der Waals surface area contributed by atoms with E-state index in [2.05, 4.69) is 0 Å². The average Bonchev–Trinajstić information content (AvgIpc) is 2.03. The topological polar surface area (TPSA) is 23.5 Å². The molecule has 84 valence electrons. The highest BCUT2D eigenvalue weighted by molar-refractivity contribution is 4.92. The summed E-state index contributed by atoms with van der Waals surface area (Å²) in [5.74, 6) is 0. The van der Waals surface area contributed by atoms with Crippen LogP contribution in [0.5, 0.6) is 0 Å². The summed E-state index contributed by atoms with van der Waals surface area (Å²) < 4.78 is 37.2. The van der Waals surface area contributed by atoms with Crippen molar-refractivity contribution in [2.24, 2.45) is 0 Å². The third-order valence-corrected chi connectivity index (χ3v) is 2.88. The first-order chi connectivity index (χ1) is 6.26. The maximum atomic E-state index is 12.4. The van der Waals surface area contributed by atoms with E-state index in [1.807, 2.05) is 18.7 Å². The molecule has 0 atom stereocenters. The van der Waals surface area contributed by atoms with Gasteiger partial charge in [0.05, 0.1) is 0 Å². The molecule has 2 nitrogen and oxygen atoms in total. The molecule has 0 saturated carbocycles. The van der Waals surface area contributed by atoms with E-state index >= 15 is 0 Å². The first-order valence-corrected chi connectivity index (χ1v) is 4.79. The number of hydrogen-bond acceptors (Lipinski definition) is 2. The summed E-state index contributed by atoms with van der Waals surface area (Å²) >= 11 is 0.